The van der Waals surface area contributed by atoms with E-state index in [0.29, 0.717) is 11.6 Å². The van der Waals surface area contributed by atoms with Gasteiger partial charge in [0.1, 0.15) is 5.82 Å². The Bertz CT molecular complexity index is 592. The Hall–Kier alpha value is -1.75. The number of carbonyl (C=O) groups is 1. The van der Waals surface area contributed by atoms with Gasteiger partial charge in [-0.15, -0.1) is 11.8 Å². The van der Waals surface area contributed by atoms with Crippen LogP contribution in [-0.4, -0.2) is 21.9 Å². The number of aryl methyl sites for hydroxylation is 3. The third-order valence-electron chi connectivity index (χ3n) is 2.80. The van der Waals surface area contributed by atoms with Gasteiger partial charge >= 0.3 is 0 Å². The van der Waals surface area contributed by atoms with Crippen LogP contribution in [0.25, 0.3) is 0 Å². The molecule has 1 aromatic carbocycles. The van der Waals surface area contributed by atoms with E-state index < -0.39 is 0 Å². The molecule has 0 saturated heterocycles. The van der Waals surface area contributed by atoms with Crippen molar-refractivity contribution in [3.8, 4) is 0 Å². The summed E-state index contributed by atoms with van der Waals surface area (Å²) in [4.78, 5) is 13.0. The van der Waals surface area contributed by atoms with E-state index in [1.807, 2.05) is 6.92 Å². The lowest BCUT2D eigenvalue weighted by atomic mass is 10.2. The number of nitrogens with one attached hydrogen (secondary N) is 2. The second kappa shape index (κ2) is 5.93. The number of benzene rings is 1. The highest BCUT2D eigenvalue weighted by atomic mass is 32.2. The van der Waals surface area contributed by atoms with Gasteiger partial charge in [0.2, 0.25) is 5.91 Å². The molecule has 1 heterocycles. The molecule has 0 atom stereocenters. The van der Waals surface area contributed by atoms with Crippen molar-refractivity contribution in [3.05, 3.63) is 41.1 Å². The van der Waals surface area contributed by atoms with Crippen LogP contribution in [0.4, 0.5) is 5.82 Å². The Morgan fingerprint density at radius 1 is 1.32 bits per heavy atom. The van der Waals surface area contributed by atoms with E-state index in [1.54, 1.807) is 18.0 Å². The number of hydrogen-bond donors (Lipinski definition) is 2. The molecule has 0 radical (unpaired) electrons. The minimum absolute atomic E-state index is 0.0294. The molecule has 1 aromatic heterocycles. The highest BCUT2D eigenvalue weighted by molar-refractivity contribution is 8.00. The molecule has 0 spiro atoms. The predicted molar refractivity (Wildman–Crippen MR) is 78.6 cm³/mol. The van der Waals surface area contributed by atoms with Gasteiger partial charge in [0.15, 0.2) is 0 Å². The van der Waals surface area contributed by atoms with Gasteiger partial charge in [-0.1, -0.05) is 17.7 Å². The van der Waals surface area contributed by atoms with Gasteiger partial charge in [0.25, 0.3) is 0 Å². The summed E-state index contributed by atoms with van der Waals surface area (Å²) >= 11 is 1.55. The van der Waals surface area contributed by atoms with Crippen molar-refractivity contribution in [1.82, 2.24) is 10.2 Å². The van der Waals surface area contributed by atoms with Gasteiger partial charge in [-0.05, 0) is 32.4 Å². The van der Waals surface area contributed by atoms with Gasteiger partial charge in [-0.2, -0.15) is 5.10 Å². The molecule has 0 bridgehead atoms. The number of nitrogens with zero attached hydrogens (tertiary/aromatic N) is 1. The molecule has 0 fully saturated rings. The lowest BCUT2D eigenvalue weighted by molar-refractivity contribution is -0.113. The third kappa shape index (κ3) is 3.61. The number of thioether (sulfide) groups is 1. The van der Waals surface area contributed by atoms with Gasteiger partial charge in [0.05, 0.1) is 11.9 Å². The van der Waals surface area contributed by atoms with E-state index in [0.717, 1.165) is 10.5 Å². The van der Waals surface area contributed by atoms with Crippen LogP contribution < -0.4 is 5.32 Å². The number of amides is 1. The molecule has 0 aliphatic rings. The summed E-state index contributed by atoms with van der Waals surface area (Å²) in [7, 11) is 0. The fourth-order valence-electron chi connectivity index (χ4n) is 1.65. The van der Waals surface area contributed by atoms with Gasteiger partial charge < -0.3 is 5.32 Å². The first-order chi connectivity index (χ1) is 9.06. The Morgan fingerprint density at radius 3 is 2.79 bits per heavy atom. The highest BCUT2D eigenvalue weighted by Gasteiger charge is 2.08. The van der Waals surface area contributed by atoms with Crippen LogP contribution >= 0.6 is 11.8 Å². The molecular formula is C14H17N3OS. The van der Waals surface area contributed by atoms with Crippen molar-refractivity contribution in [2.24, 2.45) is 0 Å². The van der Waals surface area contributed by atoms with Crippen molar-refractivity contribution in [2.75, 3.05) is 11.1 Å². The number of rotatable bonds is 4. The predicted octanol–water partition coefficient (Wildman–Crippen LogP) is 3.07. The van der Waals surface area contributed by atoms with Crippen LogP contribution in [0.3, 0.4) is 0 Å². The first-order valence-corrected chi connectivity index (χ1v) is 7.04. The zero-order valence-corrected chi connectivity index (χ0v) is 12.1. The third-order valence-corrected chi connectivity index (χ3v) is 3.95. The van der Waals surface area contributed by atoms with Crippen molar-refractivity contribution < 1.29 is 4.79 Å². The molecule has 2 aromatic rings. The average Bonchev–Trinajstić information content (AvgIpc) is 2.76. The first-order valence-electron chi connectivity index (χ1n) is 6.06. The number of H-pyrrole nitrogens is 1. The van der Waals surface area contributed by atoms with Crippen LogP contribution in [-0.2, 0) is 4.79 Å². The molecule has 19 heavy (non-hydrogen) atoms. The zero-order valence-electron chi connectivity index (χ0n) is 11.3. The molecule has 5 heteroatoms. The van der Waals surface area contributed by atoms with E-state index in [1.165, 1.54) is 11.1 Å². The first kappa shape index (κ1) is 13.7. The molecule has 0 aliphatic heterocycles. The Kier molecular flexibility index (Phi) is 4.27. The van der Waals surface area contributed by atoms with Crippen LogP contribution in [0.15, 0.2) is 29.3 Å². The van der Waals surface area contributed by atoms with Crippen molar-refractivity contribution >= 4 is 23.5 Å². The number of anilines is 1. The van der Waals surface area contributed by atoms with Gasteiger partial charge in [0, 0.05) is 10.5 Å². The van der Waals surface area contributed by atoms with Crippen LogP contribution in [0.5, 0.6) is 0 Å². The van der Waals surface area contributed by atoms with Crippen molar-refractivity contribution in [1.29, 1.82) is 0 Å². The normalized spacial score (nSPS) is 10.5. The number of hydrogen-bond acceptors (Lipinski definition) is 3. The maximum atomic E-state index is 11.9. The summed E-state index contributed by atoms with van der Waals surface area (Å²) in [6, 6.07) is 6.26. The number of carbonyl (C=O) groups excluding carboxylic acids is 1. The summed E-state index contributed by atoms with van der Waals surface area (Å²) in [5.41, 5.74) is 3.34. The Balaban J connectivity index is 1.93. The summed E-state index contributed by atoms with van der Waals surface area (Å²) in [6.07, 6.45) is 1.69. The maximum absolute atomic E-state index is 11.9. The highest BCUT2D eigenvalue weighted by Crippen LogP contribution is 2.23. The number of aromatic nitrogens is 2. The molecule has 0 unspecified atom stereocenters. The maximum Gasteiger partial charge on any atom is 0.235 e. The second-order valence-electron chi connectivity index (χ2n) is 4.53. The van der Waals surface area contributed by atoms with E-state index in [2.05, 4.69) is 47.6 Å². The minimum Gasteiger partial charge on any atom is -0.310 e. The monoisotopic (exact) mass is 275 g/mol. The van der Waals surface area contributed by atoms with E-state index in [9.17, 15) is 4.79 Å². The summed E-state index contributed by atoms with van der Waals surface area (Å²) in [5.74, 6) is 1.03. The topological polar surface area (TPSA) is 57.8 Å². The van der Waals surface area contributed by atoms with Crippen LogP contribution in [0.2, 0.25) is 0 Å². The Labute approximate surface area is 117 Å². The molecule has 2 rings (SSSR count). The molecule has 0 saturated carbocycles. The standard InChI is InChI=1S/C14H17N3OS/c1-9-4-5-10(2)12(6-9)19-8-13(18)16-14-11(3)7-15-17-14/h4-7H,8H2,1-3H3,(H2,15,16,17,18). The van der Waals surface area contributed by atoms with Crippen molar-refractivity contribution in [2.45, 2.75) is 25.7 Å². The SMILES string of the molecule is Cc1ccc(C)c(SCC(=O)Nc2[nH]ncc2C)c1. The number of aromatic amines is 1. The Morgan fingerprint density at radius 2 is 2.11 bits per heavy atom. The summed E-state index contributed by atoms with van der Waals surface area (Å²) < 4.78 is 0. The van der Waals surface area contributed by atoms with E-state index >= 15 is 0 Å². The molecular weight excluding hydrogens is 258 g/mol. The van der Waals surface area contributed by atoms with E-state index in [-0.39, 0.29) is 5.91 Å². The lowest BCUT2D eigenvalue weighted by Crippen LogP contribution is -2.15. The lowest BCUT2D eigenvalue weighted by Gasteiger charge is -2.07. The molecule has 4 nitrogen and oxygen atoms in total. The summed E-state index contributed by atoms with van der Waals surface area (Å²) in [6.45, 7) is 6.01. The van der Waals surface area contributed by atoms with Crippen LogP contribution in [0.1, 0.15) is 16.7 Å². The van der Waals surface area contributed by atoms with Gasteiger partial charge in [-0.25, -0.2) is 0 Å². The molecule has 1 amide bonds. The molecule has 2 N–H and O–H groups in total. The zero-order chi connectivity index (χ0) is 13.8. The molecule has 0 aliphatic carbocycles. The smallest absolute Gasteiger partial charge is 0.235 e. The largest absolute Gasteiger partial charge is 0.310 e. The van der Waals surface area contributed by atoms with Crippen molar-refractivity contribution in [3.63, 3.8) is 0 Å². The fraction of sp³-hybridized carbons (Fsp3) is 0.286. The second-order valence-corrected chi connectivity index (χ2v) is 5.55. The fourth-order valence-corrected chi connectivity index (χ4v) is 2.58. The quantitative estimate of drug-likeness (QED) is 0.843. The summed E-state index contributed by atoms with van der Waals surface area (Å²) in [5, 5.41) is 9.45. The van der Waals surface area contributed by atoms with Crippen LogP contribution in [0, 0.1) is 20.8 Å². The average molecular weight is 275 g/mol. The minimum atomic E-state index is -0.0294. The van der Waals surface area contributed by atoms with Gasteiger partial charge in [-0.3, -0.25) is 9.89 Å². The van der Waals surface area contributed by atoms with E-state index in [4.69, 9.17) is 0 Å². The molecule has 100 valence electrons.